The molecule has 0 aromatic carbocycles. The van der Waals surface area contributed by atoms with Gasteiger partial charge in [0.1, 0.15) is 18.5 Å². The number of aromatic nitrogens is 2. The molecule has 30 heavy (non-hydrogen) atoms. The van der Waals surface area contributed by atoms with Gasteiger partial charge in [0.15, 0.2) is 0 Å². The van der Waals surface area contributed by atoms with Gasteiger partial charge in [-0.05, 0) is 31.7 Å². The maximum atomic E-state index is 12.0. The van der Waals surface area contributed by atoms with Crippen molar-refractivity contribution in [1.82, 2.24) is 25.1 Å². The van der Waals surface area contributed by atoms with Crippen molar-refractivity contribution < 1.29 is 24.2 Å². The molecule has 0 radical (unpaired) electrons. The minimum atomic E-state index is -0.963. The van der Waals surface area contributed by atoms with Crippen molar-refractivity contribution >= 4 is 11.8 Å². The molecule has 3 saturated heterocycles. The molecule has 3 fully saturated rings. The van der Waals surface area contributed by atoms with Crippen LogP contribution in [0.3, 0.4) is 0 Å². The number of hydrogen-bond donors (Lipinski definition) is 3. The van der Waals surface area contributed by atoms with Gasteiger partial charge in [-0.1, -0.05) is 0 Å². The average molecular weight is 422 g/mol. The molecule has 166 valence electrons. The number of aliphatic hydroxyl groups is 1. The van der Waals surface area contributed by atoms with E-state index in [9.17, 15) is 14.7 Å². The number of piperidine rings is 1. The van der Waals surface area contributed by atoms with Crippen LogP contribution in [0.2, 0.25) is 0 Å². The number of hydrogen-bond acceptors (Lipinski definition) is 8. The molecule has 1 aromatic rings. The van der Waals surface area contributed by atoms with Crippen LogP contribution < -0.4 is 11.1 Å². The number of carbonyl (C=O) groups is 2. The third-order valence-electron chi connectivity index (χ3n) is 6.00. The van der Waals surface area contributed by atoms with E-state index in [1.165, 1.54) is 0 Å². The number of hydrazine groups is 1. The van der Waals surface area contributed by atoms with E-state index < -0.39 is 12.1 Å². The van der Waals surface area contributed by atoms with Crippen LogP contribution in [-0.2, 0) is 14.3 Å². The lowest BCUT2D eigenvalue weighted by atomic mass is 10.1. The second-order valence-electron chi connectivity index (χ2n) is 7.97. The first kappa shape index (κ1) is 21.2. The van der Waals surface area contributed by atoms with E-state index in [1.807, 2.05) is 0 Å². The van der Waals surface area contributed by atoms with E-state index in [0.29, 0.717) is 32.1 Å². The summed E-state index contributed by atoms with van der Waals surface area (Å²) in [5, 5.41) is 22.3. The SMILES string of the molecule is NC(=O)c1cc(C(O)NC2CCN(N3CCOCC3=O)CC2)n(C2CCOCC2)n1. The summed E-state index contributed by atoms with van der Waals surface area (Å²) in [5.74, 6) is -0.621. The van der Waals surface area contributed by atoms with Gasteiger partial charge in [-0.2, -0.15) is 5.10 Å². The predicted molar refractivity (Wildman–Crippen MR) is 105 cm³/mol. The lowest BCUT2D eigenvalue weighted by Crippen LogP contribution is -2.56. The highest BCUT2D eigenvalue weighted by molar-refractivity contribution is 5.90. The Morgan fingerprint density at radius 2 is 1.90 bits per heavy atom. The number of amides is 2. The van der Waals surface area contributed by atoms with Crippen molar-refractivity contribution in [3.05, 3.63) is 17.5 Å². The Morgan fingerprint density at radius 3 is 2.57 bits per heavy atom. The highest BCUT2D eigenvalue weighted by Crippen LogP contribution is 2.26. The van der Waals surface area contributed by atoms with E-state index in [0.717, 1.165) is 38.8 Å². The van der Waals surface area contributed by atoms with E-state index in [1.54, 1.807) is 15.8 Å². The average Bonchev–Trinajstić information content (AvgIpc) is 3.22. The molecule has 0 bridgehead atoms. The first-order valence-electron chi connectivity index (χ1n) is 10.6. The van der Waals surface area contributed by atoms with E-state index >= 15 is 0 Å². The monoisotopic (exact) mass is 422 g/mol. The number of nitrogens with two attached hydrogens (primary N) is 1. The largest absolute Gasteiger partial charge is 0.381 e. The Bertz CT molecular complexity index is 757. The van der Waals surface area contributed by atoms with Gasteiger partial charge in [-0.15, -0.1) is 0 Å². The molecular formula is C19H30N6O5. The highest BCUT2D eigenvalue weighted by atomic mass is 16.5. The number of nitrogens with one attached hydrogen (secondary N) is 1. The van der Waals surface area contributed by atoms with Crippen LogP contribution in [0.4, 0.5) is 0 Å². The maximum absolute atomic E-state index is 12.0. The second-order valence-corrected chi connectivity index (χ2v) is 7.97. The lowest BCUT2D eigenvalue weighted by molar-refractivity contribution is -0.167. The fourth-order valence-electron chi connectivity index (χ4n) is 4.35. The molecule has 0 saturated carbocycles. The molecule has 11 nitrogen and oxygen atoms in total. The molecule has 3 aliphatic heterocycles. The molecule has 11 heteroatoms. The fraction of sp³-hybridized carbons (Fsp3) is 0.737. The van der Waals surface area contributed by atoms with Gasteiger partial charge in [-0.3, -0.25) is 24.6 Å². The quantitative estimate of drug-likeness (QED) is 0.505. The third kappa shape index (κ3) is 4.65. The molecule has 2 amide bonds. The summed E-state index contributed by atoms with van der Waals surface area (Å²) in [6, 6.07) is 1.71. The highest BCUT2D eigenvalue weighted by Gasteiger charge is 2.31. The van der Waals surface area contributed by atoms with E-state index in [4.69, 9.17) is 15.2 Å². The van der Waals surface area contributed by atoms with Gasteiger partial charge >= 0.3 is 0 Å². The smallest absolute Gasteiger partial charge is 0.269 e. The molecule has 4 N–H and O–H groups in total. The van der Waals surface area contributed by atoms with Gasteiger partial charge in [-0.25, -0.2) is 5.01 Å². The minimum Gasteiger partial charge on any atom is -0.381 e. The van der Waals surface area contributed by atoms with E-state index in [-0.39, 0.29) is 30.3 Å². The molecule has 1 aromatic heterocycles. The van der Waals surface area contributed by atoms with Crippen molar-refractivity contribution in [1.29, 1.82) is 0 Å². The molecule has 0 spiro atoms. The third-order valence-corrected chi connectivity index (χ3v) is 6.00. The Morgan fingerprint density at radius 1 is 1.17 bits per heavy atom. The van der Waals surface area contributed by atoms with Crippen LogP contribution in [0, 0.1) is 0 Å². The Hall–Kier alpha value is -2.05. The van der Waals surface area contributed by atoms with Crippen LogP contribution >= 0.6 is 0 Å². The van der Waals surface area contributed by atoms with Crippen LogP contribution in [0.5, 0.6) is 0 Å². The van der Waals surface area contributed by atoms with Gasteiger partial charge in [0, 0.05) is 32.3 Å². The summed E-state index contributed by atoms with van der Waals surface area (Å²) in [7, 11) is 0. The first-order chi connectivity index (χ1) is 14.5. The Kier molecular flexibility index (Phi) is 6.64. The zero-order chi connectivity index (χ0) is 21.1. The number of aliphatic hydroxyl groups excluding tert-OH is 1. The van der Waals surface area contributed by atoms with Gasteiger partial charge < -0.3 is 20.3 Å². The minimum absolute atomic E-state index is 0.00737. The van der Waals surface area contributed by atoms with Gasteiger partial charge in [0.25, 0.3) is 11.8 Å². The second kappa shape index (κ2) is 9.40. The summed E-state index contributed by atoms with van der Waals surface area (Å²) < 4.78 is 12.3. The zero-order valence-corrected chi connectivity index (χ0v) is 17.0. The summed E-state index contributed by atoms with van der Waals surface area (Å²) in [6.45, 7) is 3.97. The van der Waals surface area contributed by atoms with Crippen LogP contribution in [0.1, 0.15) is 54.1 Å². The first-order valence-corrected chi connectivity index (χ1v) is 10.6. The molecule has 4 heterocycles. The van der Waals surface area contributed by atoms with Gasteiger partial charge in [0.05, 0.1) is 24.9 Å². The molecule has 0 aliphatic carbocycles. The number of carbonyl (C=O) groups excluding carboxylic acids is 2. The summed E-state index contributed by atoms with van der Waals surface area (Å²) in [4.78, 5) is 23.7. The standard InChI is InChI=1S/C19H30N6O5/c20-18(27)15-11-16(25(22-15)14-3-8-29-9-4-14)19(28)21-13-1-5-23(6-2-13)24-7-10-30-12-17(24)26/h11,13-14,19,21,28H,1-10,12H2,(H2,20,27). The molecule has 3 aliphatic rings. The normalized spacial score (nSPS) is 23.6. The number of morpholine rings is 1. The van der Waals surface area contributed by atoms with Crippen molar-refractivity contribution in [3.8, 4) is 0 Å². The number of ether oxygens (including phenoxy) is 2. The van der Waals surface area contributed by atoms with E-state index in [2.05, 4.69) is 15.4 Å². The maximum Gasteiger partial charge on any atom is 0.269 e. The van der Waals surface area contributed by atoms with Crippen LogP contribution in [0.25, 0.3) is 0 Å². The van der Waals surface area contributed by atoms with Crippen molar-refractivity contribution in [3.63, 3.8) is 0 Å². The summed E-state index contributed by atoms with van der Waals surface area (Å²) >= 11 is 0. The summed E-state index contributed by atoms with van der Waals surface area (Å²) in [6.07, 6.45) is 2.15. The van der Waals surface area contributed by atoms with Crippen molar-refractivity contribution in [2.75, 3.05) is 46.1 Å². The Labute approximate surface area is 175 Å². The van der Waals surface area contributed by atoms with Crippen LogP contribution in [0.15, 0.2) is 6.07 Å². The summed E-state index contributed by atoms with van der Waals surface area (Å²) in [5.41, 5.74) is 6.11. The predicted octanol–water partition coefficient (Wildman–Crippen LogP) is -0.848. The lowest BCUT2D eigenvalue weighted by Gasteiger charge is -2.41. The zero-order valence-electron chi connectivity index (χ0n) is 17.0. The number of primary amides is 1. The number of nitrogens with zero attached hydrogens (tertiary/aromatic N) is 4. The molecule has 1 atom stereocenters. The topological polar surface area (TPSA) is 135 Å². The van der Waals surface area contributed by atoms with Crippen molar-refractivity contribution in [2.24, 2.45) is 5.73 Å². The Balaban J connectivity index is 1.38. The number of rotatable bonds is 6. The van der Waals surface area contributed by atoms with Gasteiger partial charge in [0.2, 0.25) is 0 Å². The molecular weight excluding hydrogens is 392 g/mol. The van der Waals surface area contributed by atoms with Crippen molar-refractivity contribution in [2.45, 2.75) is 44.0 Å². The van der Waals surface area contributed by atoms with Crippen LogP contribution in [-0.4, -0.2) is 88.8 Å². The molecule has 1 unspecified atom stereocenters. The molecule has 4 rings (SSSR count). The fourth-order valence-corrected chi connectivity index (χ4v) is 4.35.